The average molecular weight is 396 g/mol. The highest BCUT2D eigenvalue weighted by atomic mass is 16.5. The number of nitrogens with one attached hydrogen (secondary N) is 1. The van der Waals surface area contributed by atoms with Gasteiger partial charge in [0.2, 0.25) is 0 Å². The summed E-state index contributed by atoms with van der Waals surface area (Å²) in [6.07, 6.45) is 4.67. The molecule has 2 atom stereocenters. The van der Waals surface area contributed by atoms with Crippen LogP contribution in [0.2, 0.25) is 0 Å². The fourth-order valence-corrected chi connectivity index (χ4v) is 4.18. The zero-order valence-corrected chi connectivity index (χ0v) is 17.1. The van der Waals surface area contributed by atoms with E-state index in [1.54, 1.807) is 6.07 Å². The van der Waals surface area contributed by atoms with Crippen LogP contribution in [0.25, 0.3) is 0 Å². The molecule has 1 saturated heterocycles. The topological polar surface area (TPSA) is 75.4 Å². The summed E-state index contributed by atoms with van der Waals surface area (Å²) in [5.74, 6) is 0.936. The Bertz CT molecular complexity index is 857. The van der Waals surface area contributed by atoms with Crippen LogP contribution in [0.5, 0.6) is 0 Å². The third-order valence-electron chi connectivity index (χ3n) is 5.94. The van der Waals surface area contributed by atoms with Crippen LogP contribution in [0, 0.1) is 0 Å². The highest BCUT2D eigenvalue weighted by molar-refractivity contribution is 5.96. The number of rotatable bonds is 8. The van der Waals surface area contributed by atoms with Crippen molar-refractivity contribution in [2.24, 2.45) is 0 Å². The molecule has 4 rings (SSSR count). The van der Waals surface area contributed by atoms with E-state index in [1.165, 1.54) is 12.8 Å². The maximum atomic E-state index is 12.6. The molecule has 1 N–H and O–H groups in total. The number of amides is 1. The van der Waals surface area contributed by atoms with Crippen molar-refractivity contribution in [2.45, 2.75) is 70.0 Å². The van der Waals surface area contributed by atoms with Gasteiger partial charge in [0.25, 0.3) is 5.91 Å². The largest absolute Gasteiger partial charge is 0.360 e. The smallest absolute Gasteiger partial charge is 0.273 e. The molecule has 0 bridgehead atoms. The van der Waals surface area contributed by atoms with Crippen molar-refractivity contribution in [1.82, 2.24) is 15.4 Å². The lowest BCUT2D eigenvalue weighted by Gasteiger charge is -2.23. The van der Waals surface area contributed by atoms with Crippen molar-refractivity contribution >= 4 is 11.7 Å². The molecule has 29 heavy (non-hydrogen) atoms. The summed E-state index contributed by atoms with van der Waals surface area (Å²) in [5, 5.41) is 7.03. The number of carbonyl (C=O) groups excluding carboxylic acids is 2. The summed E-state index contributed by atoms with van der Waals surface area (Å²) in [6, 6.07) is 12.2. The Balaban J connectivity index is 1.34. The van der Waals surface area contributed by atoms with E-state index in [1.807, 2.05) is 44.2 Å². The average Bonchev–Trinajstić information content (AvgIpc) is 3.29. The van der Waals surface area contributed by atoms with Crippen molar-refractivity contribution < 1.29 is 14.1 Å². The van der Waals surface area contributed by atoms with E-state index in [0.29, 0.717) is 24.2 Å². The molecule has 0 radical (unpaired) electrons. The molecular formula is C23H29N3O3. The van der Waals surface area contributed by atoms with E-state index in [2.05, 4.69) is 15.4 Å². The SMILES string of the molecule is CC(C)c1cc(C(=O)N[C@@H]2C[C@H](CCC(=O)c3ccccc3)N(C3CC3)C2)no1. The Morgan fingerprint density at radius 2 is 2.00 bits per heavy atom. The van der Waals surface area contributed by atoms with Gasteiger partial charge in [-0.15, -0.1) is 0 Å². The summed E-state index contributed by atoms with van der Waals surface area (Å²) in [4.78, 5) is 27.6. The van der Waals surface area contributed by atoms with E-state index >= 15 is 0 Å². The molecule has 154 valence electrons. The first kappa shape index (κ1) is 19.8. The maximum Gasteiger partial charge on any atom is 0.273 e. The van der Waals surface area contributed by atoms with Crippen molar-refractivity contribution in [3.8, 4) is 0 Å². The Labute approximate surface area is 171 Å². The summed E-state index contributed by atoms with van der Waals surface area (Å²) >= 11 is 0. The van der Waals surface area contributed by atoms with Crippen LogP contribution in [0.1, 0.15) is 78.5 Å². The lowest BCUT2D eigenvalue weighted by molar-refractivity contribution is 0.0926. The lowest BCUT2D eigenvalue weighted by atomic mass is 10.0. The van der Waals surface area contributed by atoms with Gasteiger partial charge in [-0.2, -0.15) is 0 Å². The Kier molecular flexibility index (Phi) is 5.81. The number of ketones is 1. The van der Waals surface area contributed by atoms with E-state index in [4.69, 9.17) is 4.52 Å². The highest BCUT2D eigenvalue weighted by Gasteiger charge is 2.41. The van der Waals surface area contributed by atoms with Gasteiger partial charge in [-0.05, 0) is 25.7 Å². The second-order valence-corrected chi connectivity index (χ2v) is 8.58. The molecule has 1 amide bonds. The third kappa shape index (κ3) is 4.75. The van der Waals surface area contributed by atoms with Crippen LogP contribution < -0.4 is 5.32 Å². The predicted molar refractivity (Wildman–Crippen MR) is 110 cm³/mol. The summed E-state index contributed by atoms with van der Waals surface area (Å²) in [7, 11) is 0. The molecule has 0 spiro atoms. The molecule has 2 fully saturated rings. The first-order valence-electron chi connectivity index (χ1n) is 10.6. The summed E-state index contributed by atoms with van der Waals surface area (Å²) in [5.41, 5.74) is 1.12. The van der Waals surface area contributed by atoms with Crippen molar-refractivity contribution in [2.75, 3.05) is 6.54 Å². The molecule has 2 aliphatic rings. The Morgan fingerprint density at radius 3 is 2.66 bits per heavy atom. The van der Waals surface area contributed by atoms with Crippen molar-refractivity contribution in [1.29, 1.82) is 0 Å². The lowest BCUT2D eigenvalue weighted by Crippen LogP contribution is -2.38. The molecule has 2 heterocycles. The Hall–Kier alpha value is -2.47. The molecule has 1 saturated carbocycles. The standard InChI is InChI=1S/C23H29N3O3/c1-15(2)22-13-20(25-29-22)23(28)24-17-12-19(26(14-17)18-8-9-18)10-11-21(27)16-6-4-3-5-7-16/h3-7,13,15,17-19H,8-12,14H2,1-2H3,(H,24,28)/t17-,19+/m1/s1. The van der Waals surface area contributed by atoms with Crippen LogP contribution in [0.15, 0.2) is 40.9 Å². The zero-order valence-electron chi connectivity index (χ0n) is 17.1. The minimum atomic E-state index is -0.178. The van der Waals surface area contributed by atoms with Crippen molar-refractivity contribution in [3.05, 3.63) is 53.4 Å². The van der Waals surface area contributed by atoms with E-state index < -0.39 is 0 Å². The monoisotopic (exact) mass is 395 g/mol. The molecule has 1 aliphatic heterocycles. The van der Waals surface area contributed by atoms with Crippen LogP contribution >= 0.6 is 0 Å². The van der Waals surface area contributed by atoms with E-state index in [9.17, 15) is 9.59 Å². The molecule has 1 aromatic carbocycles. The number of likely N-dealkylation sites (tertiary alicyclic amines) is 1. The molecule has 6 nitrogen and oxygen atoms in total. The fraction of sp³-hybridized carbons (Fsp3) is 0.522. The van der Waals surface area contributed by atoms with Crippen LogP contribution in [-0.4, -0.2) is 46.4 Å². The van der Waals surface area contributed by atoms with Gasteiger partial charge in [-0.1, -0.05) is 49.3 Å². The summed E-state index contributed by atoms with van der Waals surface area (Å²) < 4.78 is 5.25. The minimum Gasteiger partial charge on any atom is -0.360 e. The number of hydrogen-bond donors (Lipinski definition) is 1. The van der Waals surface area contributed by atoms with Gasteiger partial charge in [0.15, 0.2) is 11.5 Å². The van der Waals surface area contributed by atoms with Gasteiger partial charge in [0.05, 0.1) is 0 Å². The number of aromatic nitrogens is 1. The number of benzene rings is 1. The van der Waals surface area contributed by atoms with Crippen LogP contribution in [-0.2, 0) is 0 Å². The van der Waals surface area contributed by atoms with Gasteiger partial charge in [0.1, 0.15) is 5.76 Å². The quantitative estimate of drug-likeness (QED) is 0.688. The van der Waals surface area contributed by atoms with Gasteiger partial charge in [-0.3, -0.25) is 14.5 Å². The normalized spacial score (nSPS) is 22.2. The Morgan fingerprint density at radius 1 is 1.24 bits per heavy atom. The highest BCUT2D eigenvalue weighted by Crippen LogP contribution is 2.35. The van der Waals surface area contributed by atoms with Crippen LogP contribution in [0.4, 0.5) is 0 Å². The van der Waals surface area contributed by atoms with Gasteiger partial charge in [0, 0.05) is 48.6 Å². The molecule has 0 unspecified atom stereocenters. The minimum absolute atomic E-state index is 0.0825. The fourth-order valence-electron chi connectivity index (χ4n) is 4.18. The van der Waals surface area contributed by atoms with Gasteiger partial charge < -0.3 is 9.84 Å². The van der Waals surface area contributed by atoms with E-state index in [0.717, 1.165) is 30.7 Å². The number of nitrogens with zero attached hydrogens (tertiary/aromatic N) is 2. The second kappa shape index (κ2) is 8.49. The van der Waals surface area contributed by atoms with E-state index in [-0.39, 0.29) is 23.7 Å². The molecule has 2 aromatic rings. The maximum absolute atomic E-state index is 12.6. The molecule has 6 heteroatoms. The molecule has 1 aliphatic carbocycles. The first-order chi connectivity index (χ1) is 14.0. The molecular weight excluding hydrogens is 366 g/mol. The molecule has 1 aromatic heterocycles. The van der Waals surface area contributed by atoms with Crippen LogP contribution in [0.3, 0.4) is 0 Å². The van der Waals surface area contributed by atoms with Gasteiger partial charge >= 0.3 is 0 Å². The predicted octanol–water partition coefficient (Wildman–Crippen LogP) is 3.80. The van der Waals surface area contributed by atoms with Gasteiger partial charge in [-0.25, -0.2) is 0 Å². The third-order valence-corrected chi connectivity index (χ3v) is 5.94. The van der Waals surface area contributed by atoms with Crippen molar-refractivity contribution in [3.63, 3.8) is 0 Å². The first-order valence-corrected chi connectivity index (χ1v) is 10.6. The number of carbonyl (C=O) groups is 2. The second-order valence-electron chi connectivity index (χ2n) is 8.58. The summed E-state index contributed by atoms with van der Waals surface area (Å²) in [6.45, 7) is 4.86. The number of Topliss-reactive ketones (excluding diaryl/α,β-unsaturated/α-hetero) is 1. The zero-order chi connectivity index (χ0) is 20.4. The number of hydrogen-bond acceptors (Lipinski definition) is 5.